The Morgan fingerprint density at radius 3 is 2.52 bits per heavy atom. The van der Waals surface area contributed by atoms with Gasteiger partial charge in [-0.15, -0.1) is 0 Å². The van der Waals surface area contributed by atoms with E-state index in [1.165, 1.54) is 6.07 Å². The van der Waals surface area contributed by atoms with E-state index in [-0.39, 0.29) is 24.6 Å². The molecule has 1 saturated heterocycles. The molecule has 0 amide bonds. The molecule has 0 bridgehead atoms. The second-order valence-electron chi connectivity index (χ2n) is 6.67. The van der Waals surface area contributed by atoms with Crippen LogP contribution in [0.1, 0.15) is 27.7 Å². The molecule has 0 spiro atoms. The van der Waals surface area contributed by atoms with Crippen LogP contribution in [-0.4, -0.2) is 57.1 Å². The van der Waals surface area contributed by atoms with Crippen molar-refractivity contribution in [3.8, 4) is 0 Å². The molecule has 4 N–H and O–H groups in total. The Morgan fingerprint density at radius 1 is 1.41 bits per heavy atom. The fraction of sp³-hybridized carbons (Fsp3) is 0.733. The minimum atomic E-state index is -3.61. The van der Waals surface area contributed by atoms with Crippen LogP contribution in [0.3, 0.4) is 0 Å². The molecule has 2 heterocycles. The zero-order chi connectivity index (χ0) is 20.4. The van der Waals surface area contributed by atoms with E-state index >= 15 is 0 Å². The molecule has 2 rings (SSSR count). The minimum absolute atomic E-state index is 0.0438. The molecule has 27 heavy (non-hydrogen) atoms. The molecule has 1 aromatic rings. The highest BCUT2D eigenvalue weighted by molar-refractivity contribution is 7.53. The summed E-state index contributed by atoms with van der Waals surface area (Å²) in [6.45, 7) is 6.52. The predicted molar refractivity (Wildman–Crippen MR) is 94.8 cm³/mol. The molecule has 0 aliphatic carbocycles. The Morgan fingerprint density at radius 2 is 2.00 bits per heavy atom. The van der Waals surface area contributed by atoms with Crippen LogP contribution in [0.2, 0.25) is 0 Å². The average molecular weight is 407 g/mol. The van der Waals surface area contributed by atoms with Gasteiger partial charge in [0.15, 0.2) is 6.10 Å². The zero-order valence-electron chi connectivity index (χ0n) is 15.6. The van der Waals surface area contributed by atoms with Gasteiger partial charge in [0.1, 0.15) is 18.3 Å². The van der Waals surface area contributed by atoms with Gasteiger partial charge in [0.2, 0.25) is 0 Å². The van der Waals surface area contributed by atoms with Gasteiger partial charge >= 0.3 is 13.3 Å². The minimum Gasteiger partial charge on any atom is -0.383 e. The van der Waals surface area contributed by atoms with E-state index < -0.39 is 37.8 Å². The highest BCUT2D eigenvalue weighted by Crippen LogP contribution is 2.51. The van der Waals surface area contributed by atoms with E-state index in [0.29, 0.717) is 4.57 Å². The predicted octanol–water partition coefficient (Wildman–Crippen LogP) is 0.205. The highest BCUT2D eigenvalue weighted by Gasteiger charge is 2.52. The quantitative estimate of drug-likeness (QED) is 0.509. The maximum atomic E-state index is 12.8. The van der Waals surface area contributed by atoms with Crippen molar-refractivity contribution in [1.82, 2.24) is 9.55 Å². The van der Waals surface area contributed by atoms with Crippen molar-refractivity contribution in [3.63, 3.8) is 0 Å². The van der Waals surface area contributed by atoms with Crippen LogP contribution in [0.5, 0.6) is 0 Å². The molecule has 0 radical (unpaired) electrons. The first-order chi connectivity index (χ1) is 12.5. The maximum absolute atomic E-state index is 12.8. The molecular formula is C15H26N3O8P. The number of nitrogen functional groups attached to an aromatic ring is 1. The Balaban J connectivity index is 2.13. The van der Waals surface area contributed by atoms with Crippen molar-refractivity contribution >= 4 is 13.4 Å². The van der Waals surface area contributed by atoms with E-state index in [1.54, 1.807) is 27.7 Å². The standard InChI is InChI=1S/C15H26N3O8P/c1-9(2)25-27(22,26-10(3)4)8-23-11-7-24-15(21,13(11)19)18-6-5-12(16)17-14(18)20/h5-6,9-11,13,19,21H,7-8H2,1-4H3,(H2,16,17,20)/t11-,13+,15-/m1/s1. The Bertz CT molecular complexity index is 741. The summed E-state index contributed by atoms with van der Waals surface area (Å²) in [6, 6.07) is 1.27. The lowest BCUT2D eigenvalue weighted by Crippen LogP contribution is -2.51. The largest absolute Gasteiger partial charge is 0.383 e. The summed E-state index contributed by atoms with van der Waals surface area (Å²) >= 11 is 0. The van der Waals surface area contributed by atoms with Gasteiger partial charge in [-0.1, -0.05) is 0 Å². The number of rotatable bonds is 8. The van der Waals surface area contributed by atoms with E-state index in [4.69, 9.17) is 24.3 Å². The van der Waals surface area contributed by atoms with Gasteiger partial charge < -0.3 is 34.5 Å². The van der Waals surface area contributed by atoms with E-state index in [2.05, 4.69) is 4.98 Å². The van der Waals surface area contributed by atoms with Crippen LogP contribution < -0.4 is 11.4 Å². The summed E-state index contributed by atoms with van der Waals surface area (Å²) in [5, 5.41) is 21.0. The molecule has 154 valence electrons. The second-order valence-corrected chi connectivity index (χ2v) is 8.57. The molecule has 1 fully saturated rings. The van der Waals surface area contributed by atoms with Gasteiger partial charge in [-0.25, -0.2) is 9.36 Å². The third-order valence-corrected chi connectivity index (χ3v) is 5.51. The lowest BCUT2D eigenvalue weighted by Gasteiger charge is -2.28. The normalized spacial score (nSPS) is 26.2. The Kier molecular flexibility index (Phi) is 6.80. The molecule has 1 aromatic heterocycles. The first-order valence-electron chi connectivity index (χ1n) is 8.44. The number of aromatic nitrogens is 2. The van der Waals surface area contributed by atoms with Crippen LogP contribution >= 0.6 is 7.60 Å². The lowest BCUT2D eigenvalue weighted by molar-refractivity contribution is -0.278. The first kappa shape index (κ1) is 22.0. The van der Waals surface area contributed by atoms with Gasteiger partial charge in [-0.2, -0.15) is 4.98 Å². The average Bonchev–Trinajstić information content (AvgIpc) is 2.80. The monoisotopic (exact) mass is 407 g/mol. The van der Waals surface area contributed by atoms with Gasteiger partial charge in [0.05, 0.1) is 18.8 Å². The molecule has 12 heteroatoms. The van der Waals surface area contributed by atoms with Crippen molar-refractivity contribution in [3.05, 3.63) is 22.7 Å². The fourth-order valence-electron chi connectivity index (χ4n) is 2.55. The number of aliphatic hydroxyl groups is 2. The third-order valence-electron chi connectivity index (χ3n) is 3.56. The SMILES string of the molecule is CC(C)OP(=O)(CO[C@@H]1CO[C@@](O)(n2ccc(N)nc2=O)[C@H]1O)OC(C)C. The maximum Gasteiger partial charge on any atom is 0.356 e. The van der Waals surface area contributed by atoms with Crippen LogP contribution in [-0.2, 0) is 29.0 Å². The van der Waals surface area contributed by atoms with Crippen LogP contribution in [0, 0.1) is 0 Å². The molecule has 0 unspecified atom stereocenters. The van der Waals surface area contributed by atoms with E-state index in [0.717, 1.165) is 6.20 Å². The summed E-state index contributed by atoms with van der Waals surface area (Å²) in [6.07, 6.45) is -2.81. The smallest absolute Gasteiger partial charge is 0.356 e. The van der Waals surface area contributed by atoms with Crippen molar-refractivity contribution in [2.24, 2.45) is 0 Å². The van der Waals surface area contributed by atoms with Crippen molar-refractivity contribution in [1.29, 1.82) is 0 Å². The number of hydrogen-bond donors (Lipinski definition) is 3. The summed E-state index contributed by atoms with van der Waals surface area (Å²) in [5.74, 6) is -2.44. The van der Waals surface area contributed by atoms with Crippen LogP contribution in [0.25, 0.3) is 0 Å². The number of nitrogens with zero attached hydrogens (tertiary/aromatic N) is 2. The summed E-state index contributed by atoms with van der Waals surface area (Å²) < 4.78 is 34.8. The second kappa shape index (κ2) is 8.36. The van der Waals surface area contributed by atoms with Crippen LogP contribution in [0.4, 0.5) is 5.82 Å². The summed E-state index contributed by atoms with van der Waals surface area (Å²) in [7, 11) is -3.61. The topological polar surface area (TPSA) is 155 Å². The molecule has 0 aromatic carbocycles. The highest BCUT2D eigenvalue weighted by atomic mass is 31.2. The van der Waals surface area contributed by atoms with Crippen molar-refractivity contribution in [2.45, 2.75) is 58.0 Å². The fourth-order valence-corrected chi connectivity index (χ4v) is 4.38. The van der Waals surface area contributed by atoms with Gasteiger partial charge in [0.25, 0.3) is 5.91 Å². The molecular weight excluding hydrogens is 381 g/mol. The number of anilines is 1. The van der Waals surface area contributed by atoms with Gasteiger partial charge in [-0.3, -0.25) is 4.57 Å². The Hall–Kier alpha value is -1.33. The Labute approximate surface area is 156 Å². The van der Waals surface area contributed by atoms with Gasteiger partial charge in [-0.05, 0) is 33.8 Å². The first-order valence-corrected chi connectivity index (χ1v) is 10.2. The van der Waals surface area contributed by atoms with Gasteiger partial charge in [0, 0.05) is 6.20 Å². The third kappa shape index (κ3) is 5.14. The van der Waals surface area contributed by atoms with E-state index in [1.807, 2.05) is 0 Å². The van der Waals surface area contributed by atoms with E-state index in [9.17, 15) is 19.6 Å². The number of ether oxygens (including phenoxy) is 2. The van der Waals surface area contributed by atoms with Crippen molar-refractivity contribution in [2.75, 3.05) is 18.7 Å². The lowest BCUT2D eigenvalue weighted by atomic mass is 10.2. The summed E-state index contributed by atoms with van der Waals surface area (Å²) in [5.41, 5.74) is 4.51. The molecule has 0 saturated carbocycles. The number of aliphatic hydroxyl groups excluding tert-OH is 1. The molecule has 11 nitrogen and oxygen atoms in total. The number of nitrogens with two attached hydrogens (primary N) is 1. The zero-order valence-corrected chi connectivity index (χ0v) is 16.5. The van der Waals surface area contributed by atoms with Crippen LogP contribution in [0.15, 0.2) is 17.1 Å². The molecule has 1 aliphatic rings. The summed E-state index contributed by atoms with van der Waals surface area (Å²) in [4.78, 5) is 15.4. The number of hydrogen-bond acceptors (Lipinski definition) is 10. The molecule has 1 aliphatic heterocycles. The van der Waals surface area contributed by atoms with Crippen molar-refractivity contribution < 1.29 is 33.3 Å². The molecule has 3 atom stereocenters.